The minimum Gasteiger partial charge on any atom is -0.335 e. The zero-order chi connectivity index (χ0) is 21.7. The fourth-order valence-electron chi connectivity index (χ4n) is 4.03. The molecule has 0 spiro atoms. The quantitative estimate of drug-likeness (QED) is 0.360. The van der Waals surface area contributed by atoms with Crippen molar-refractivity contribution in [3.63, 3.8) is 0 Å². The number of ketones is 1. The SMILES string of the molecule is CC(=O)c1ccc(-c2cncc3[nH]c(-c4n[nH]c5cnc(C6=CCNCC6)cc45)nc23)s1. The van der Waals surface area contributed by atoms with Gasteiger partial charge in [0, 0.05) is 28.6 Å². The highest BCUT2D eigenvalue weighted by molar-refractivity contribution is 7.17. The molecule has 0 saturated heterocycles. The number of nitrogens with zero attached hydrogens (tertiary/aromatic N) is 4. The molecule has 1 aliphatic heterocycles. The van der Waals surface area contributed by atoms with Crippen molar-refractivity contribution >= 4 is 44.6 Å². The van der Waals surface area contributed by atoms with Crippen LogP contribution in [0.25, 0.3) is 49.5 Å². The normalized spacial score (nSPS) is 14.2. The second-order valence-electron chi connectivity index (χ2n) is 7.76. The first kappa shape index (κ1) is 19.0. The molecule has 6 heterocycles. The van der Waals surface area contributed by atoms with E-state index in [1.54, 1.807) is 19.3 Å². The van der Waals surface area contributed by atoms with E-state index in [2.05, 4.69) is 42.6 Å². The molecule has 0 saturated carbocycles. The van der Waals surface area contributed by atoms with Crippen molar-refractivity contribution in [2.45, 2.75) is 13.3 Å². The first-order chi connectivity index (χ1) is 15.7. The van der Waals surface area contributed by atoms with Gasteiger partial charge in [-0.15, -0.1) is 11.3 Å². The molecule has 32 heavy (non-hydrogen) atoms. The summed E-state index contributed by atoms with van der Waals surface area (Å²) in [6, 6.07) is 5.87. The Morgan fingerprint density at radius 1 is 1.16 bits per heavy atom. The summed E-state index contributed by atoms with van der Waals surface area (Å²) in [6.45, 7) is 3.39. The molecule has 0 aromatic carbocycles. The number of fused-ring (bicyclic) bond motifs is 2. The number of H-pyrrole nitrogens is 2. The molecule has 1 aliphatic rings. The topological polar surface area (TPSA) is 112 Å². The van der Waals surface area contributed by atoms with Crippen molar-refractivity contribution in [1.82, 2.24) is 35.5 Å². The smallest absolute Gasteiger partial charge is 0.169 e. The highest BCUT2D eigenvalue weighted by Crippen LogP contribution is 2.34. The van der Waals surface area contributed by atoms with E-state index in [0.29, 0.717) is 5.82 Å². The Labute approximate surface area is 186 Å². The second kappa shape index (κ2) is 7.47. The molecule has 6 rings (SSSR count). The summed E-state index contributed by atoms with van der Waals surface area (Å²) in [5, 5.41) is 11.9. The molecule has 158 valence electrons. The van der Waals surface area contributed by atoms with Gasteiger partial charge in [-0.25, -0.2) is 4.98 Å². The van der Waals surface area contributed by atoms with E-state index in [1.807, 2.05) is 18.3 Å². The van der Waals surface area contributed by atoms with E-state index >= 15 is 0 Å². The molecule has 0 unspecified atom stereocenters. The number of thiophene rings is 1. The Bertz CT molecular complexity index is 1520. The van der Waals surface area contributed by atoms with Gasteiger partial charge >= 0.3 is 0 Å². The number of hydrogen-bond acceptors (Lipinski definition) is 7. The summed E-state index contributed by atoms with van der Waals surface area (Å²) in [4.78, 5) is 30.6. The van der Waals surface area contributed by atoms with Gasteiger partial charge in [-0.1, -0.05) is 6.08 Å². The molecule has 5 aromatic heterocycles. The van der Waals surface area contributed by atoms with Crippen LogP contribution in [0.5, 0.6) is 0 Å². The Kier molecular flexibility index (Phi) is 4.44. The van der Waals surface area contributed by atoms with Crippen molar-refractivity contribution in [1.29, 1.82) is 0 Å². The minimum atomic E-state index is 0.0559. The number of imidazole rings is 1. The van der Waals surface area contributed by atoms with Crippen molar-refractivity contribution < 1.29 is 4.79 Å². The zero-order valence-electron chi connectivity index (χ0n) is 17.3. The summed E-state index contributed by atoms with van der Waals surface area (Å²) < 4.78 is 0. The molecule has 9 heteroatoms. The van der Waals surface area contributed by atoms with Crippen LogP contribution in [0.1, 0.15) is 28.7 Å². The van der Waals surface area contributed by atoms with Gasteiger partial charge in [-0.2, -0.15) is 5.10 Å². The van der Waals surface area contributed by atoms with E-state index in [-0.39, 0.29) is 5.78 Å². The van der Waals surface area contributed by atoms with E-state index < -0.39 is 0 Å². The Morgan fingerprint density at radius 2 is 2.09 bits per heavy atom. The van der Waals surface area contributed by atoms with Crippen molar-refractivity contribution in [2.75, 3.05) is 13.1 Å². The van der Waals surface area contributed by atoms with E-state index in [9.17, 15) is 4.79 Å². The first-order valence-corrected chi connectivity index (χ1v) is 11.2. The number of aromatic amines is 2. The third kappa shape index (κ3) is 3.14. The van der Waals surface area contributed by atoms with Gasteiger partial charge in [0.2, 0.25) is 0 Å². The minimum absolute atomic E-state index is 0.0559. The molecule has 0 bridgehead atoms. The van der Waals surface area contributed by atoms with Gasteiger partial charge in [-0.05, 0) is 43.7 Å². The highest BCUT2D eigenvalue weighted by atomic mass is 32.1. The summed E-state index contributed by atoms with van der Waals surface area (Å²) >= 11 is 1.45. The maximum absolute atomic E-state index is 11.7. The van der Waals surface area contributed by atoms with Crippen molar-refractivity contribution in [3.05, 3.63) is 53.4 Å². The lowest BCUT2D eigenvalue weighted by Gasteiger charge is -2.13. The lowest BCUT2D eigenvalue weighted by Crippen LogP contribution is -2.20. The van der Waals surface area contributed by atoms with E-state index in [4.69, 9.17) is 4.98 Å². The second-order valence-corrected chi connectivity index (χ2v) is 8.84. The van der Waals surface area contributed by atoms with Gasteiger partial charge in [0.15, 0.2) is 11.6 Å². The molecule has 8 nitrogen and oxygen atoms in total. The zero-order valence-corrected chi connectivity index (χ0v) is 18.1. The number of carbonyl (C=O) groups excluding carboxylic acids is 1. The number of nitrogens with one attached hydrogen (secondary N) is 3. The average molecular weight is 442 g/mol. The largest absolute Gasteiger partial charge is 0.335 e. The monoisotopic (exact) mass is 441 g/mol. The standard InChI is InChI=1S/C23H19N7OS/c1-12(31)19-2-3-20(32-19)15-9-25-10-18-21(15)28-23(27-18)22-14-8-16(13-4-6-24-7-5-13)26-11-17(14)29-30-22/h2-4,8-11,24H,5-7H2,1H3,(H,27,28)(H,29,30). The summed E-state index contributed by atoms with van der Waals surface area (Å²) in [7, 11) is 0. The average Bonchev–Trinajstić information content (AvgIpc) is 3.56. The lowest BCUT2D eigenvalue weighted by atomic mass is 10.0. The van der Waals surface area contributed by atoms with Gasteiger partial charge in [-0.3, -0.25) is 19.9 Å². The molecule has 0 atom stereocenters. The molecule has 3 N–H and O–H groups in total. The van der Waals surface area contributed by atoms with Gasteiger partial charge < -0.3 is 10.3 Å². The summed E-state index contributed by atoms with van der Waals surface area (Å²) in [6.07, 6.45) is 8.52. The van der Waals surface area contributed by atoms with Crippen molar-refractivity contribution in [3.8, 4) is 22.0 Å². The Balaban J connectivity index is 1.47. The van der Waals surface area contributed by atoms with Crippen LogP contribution in [-0.2, 0) is 0 Å². The highest BCUT2D eigenvalue weighted by Gasteiger charge is 2.18. The van der Waals surface area contributed by atoms with Crippen LogP contribution in [0.2, 0.25) is 0 Å². The van der Waals surface area contributed by atoms with E-state index in [1.165, 1.54) is 16.9 Å². The maximum atomic E-state index is 11.7. The molecule has 0 fully saturated rings. The van der Waals surface area contributed by atoms with Crippen LogP contribution < -0.4 is 5.32 Å². The predicted octanol–water partition coefficient (Wildman–Crippen LogP) is 4.20. The molecule has 5 aromatic rings. The molecule has 0 amide bonds. The van der Waals surface area contributed by atoms with Crippen molar-refractivity contribution in [2.24, 2.45) is 0 Å². The van der Waals surface area contributed by atoms with Crippen LogP contribution >= 0.6 is 11.3 Å². The first-order valence-electron chi connectivity index (χ1n) is 10.4. The number of Topliss-reactive ketones (excluding diaryl/α,β-unsaturated/α-hetero) is 1. The van der Waals surface area contributed by atoms with Crippen LogP contribution in [0.15, 0.2) is 42.9 Å². The van der Waals surface area contributed by atoms with Gasteiger partial charge in [0.1, 0.15) is 11.2 Å². The number of pyridine rings is 2. The summed E-state index contributed by atoms with van der Waals surface area (Å²) in [5.41, 5.74) is 6.34. The number of aromatic nitrogens is 6. The fourth-order valence-corrected chi connectivity index (χ4v) is 4.94. The predicted molar refractivity (Wildman–Crippen MR) is 126 cm³/mol. The number of carbonyl (C=O) groups is 1. The van der Waals surface area contributed by atoms with E-state index in [0.717, 1.165) is 68.2 Å². The molecular formula is C23H19N7OS. The molecule has 0 aliphatic carbocycles. The Morgan fingerprint density at radius 3 is 2.91 bits per heavy atom. The van der Waals surface area contributed by atoms with Gasteiger partial charge in [0.25, 0.3) is 0 Å². The summed E-state index contributed by atoms with van der Waals surface area (Å²) in [5.74, 6) is 0.723. The van der Waals surface area contributed by atoms with Crippen LogP contribution in [0, 0.1) is 0 Å². The molecular weight excluding hydrogens is 422 g/mol. The third-order valence-electron chi connectivity index (χ3n) is 5.68. The van der Waals surface area contributed by atoms with Crippen LogP contribution in [-0.4, -0.2) is 49.0 Å². The van der Waals surface area contributed by atoms with Crippen LogP contribution in [0.4, 0.5) is 0 Å². The Hall–Kier alpha value is -3.69. The lowest BCUT2D eigenvalue weighted by molar-refractivity contribution is 0.102. The fraction of sp³-hybridized carbons (Fsp3) is 0.174. The van der Waals surface area contributed by atoms with Gasteiger partial charge in [0.05, 0.1) is 34.0 Å². The number of hydrogen-bond donors (Lipinski definition) is 3. The third-order valence-corrected chi connectivity index (χ3v) is 6.90. The maximum Gasteiger partial charge on any atom is 0.169 e. The number of rotatable bonds is 4. The molecule has 0 radical (unpaired) electrons. The van der Waals surface area contributed by atoms with Crippen LogP contribution in [0.3, 0.4) is 0 Å².